The van der Waals surface area contributed by atoms with Gasteiger partial charge in [0.25, 0.3) is 0 Å². The van der Waals surface area contributed by atoms with Gasteiger partial charge >= 0.3 is 36.1 Å². The molecular formula is C12H16N2O11. The van der Waals surface area contributed by atoms with Gasteiger partial charge in [-0.25, -0.2) is 19.2 Å². The third kappa shape index (κ3) is 10.1. The maximum atomic E-state index is 11.8. The van der Waals surface area contributed by atoms with E-state index >= 15 is 0 Å². The van der Waals surface area contributed by atoms with Crippen LogP contribution in [-0.4, -0.2) is 68.6 Å². The summed E-state index contributed by atoms with van der Waals surface area (Å²) in [6, 6.07) is -3.36. The number of ether oxygens (including phenoxy) is 1. The van der Waals surface area contributed by atoms with Gasteiger partial charge in [-0.2, -0.15) is 0 Å². The van der Waals surface area contributed by atoms with E-state index in [-0.39, 0.29) is 0 Å². The first-order chi connectivity index (χ1) is 11.5. The molecule has 0 aliphatic carbocycles. The Labute approximate surface area is 139 Å². The van der Waals surface area contributed by atoms with Gasteiger partial charge in [0.1, 0.15) is 12.1 Å². The number of hydrogen-bond acceptors (Lipinski definition) is 7. The van der Waals surface area contributed by atoms with E-state index in [1.54, 1.807) is 10.6 Å². The molecule has 0 bridgehead atoms. The Kier molecular flexibility index (Phi) is 9.00. The maximum Gasteiger partial charge on any atom is 0.405 e. The molecule has 0 unspecified atom stereocenters. The van der Waals surface area contributed by atoms with E-state index in [0.717, 1.165) is 0 Å². The summed E-state index contributed by atoms with van der Waals surface area (Å²) in [4.78, 5) is 65.7. The third-order valence-corrected chi connectivity index (χ3v) is 2.66. The summed E-state index contributed by atoms with van der Waals surface area (Å²) in [7, 11) is 0. The molecule has 0 radical (unpaired) electrons. The van der Waals surface area contributed by atoms with Crippen LogP contribution in [0.25, 0.3) is 0 Å². The van der Waals surface area contributed by atoms with Crippen molar-refractivity contribution < 1.29 is 53.9 Å². The Bertz CT molecular complexity index is 511. The number of aliphatic carboxylic acids is 2. The fraction of sp³-hybridized carbons (Fsp3) is 0.500. The second kappa shape index (κ2) is 10.4. The van der Waals surface area contributed by atoms with Gasteiger partial charge in [-0.3, -0.25) is 9.59 Å². The first kappa shape index (κ1) is 21.6. The molecule has 6 N–H and O–H groups in total. The smallest absolute Gasteiger partial charge is 0.405 e. The molecule has 25 heavy (non-hydrogen) atoms. The molecule has 0 aromatic heterocycles. The summed E-state index contributed by atoms with van der Waals surface area (Å²) >= 11 is 0. The first-order valence-electron chi connectivity index (χ1n) is 6.71. The summed E-state index contributed by atoms with van der Waals surface area (Å²) in [5.41, 5.74) is 0. The number of carbonyl (C=O) groups excluding carboxylic acids is 2. The van der Waals surface area contributed by atoms with Crippen molar-refractivity contribution in [3.63, 3.8) is 0 Å². The Hall–Kier alpha value is -3.38. The number of carboxylic acid groups (broad SMARTS) is 4. The van der Waals surface area contributed by atoms with Crippen LogP contribution in [0.3, 0.4) is 0 Å². The van der Waals surface area contributed by atoms with E-state index in [4.69, 9.17) is 20.4 Å². The van der Waals surface area contributed by atoms with Gasteiger partial charge < -0.3 is 35.8 Å². The average molecular weight is 364 g/mol. The average Bonchev–Trinajstić information content (AvgIpc) is 2.46. The Morgan fingerprint density at radius 3 is 1.24 bits per heavy atom. The highest BCUT2D eigenvalue weighted by Crippen LogP contribution is 2.05. The quantitative estimate of drug-likeness (QED) is 0.205. The molecule has 0 saturated heterocycles. The second-order valence-electron chi connectivity index (χ2n) is 4.61. The molecule has 140 valence electrons. The highest BCUT2D eigenvalue weighted by Gasteiger charge is 2.30. The molecule has 0 saturated carbocycles. The molecule has 0 aromatic carbocycles. The lowest BCUT2D eigenvalue weighted by Gasteiger charge is -2.17. The normalized spacial score (nSPS) is 12.3. The molecule has 0 heterocycles. The standard InChI is InChI=1S/C12H16N2O11/c15-7(16)3-1-5(13-11(21)22)9(19)25-10(20)6(14-12(23)24)2-4-8(17)18/h5-6,13-14H,1-4H2,(H,15,16)(H,17,18)(H,21,22)(H,23,24)/t5-,6-/m0/s1. The van der Waals surface area contributed by atoms with Crippen LogP contribution in [0.4, 0.5) is 9.59 Å². The topological polar surface area (TPSA) is 217 Å². The summed E-state index contributed by atoms with van der Waals surface area (Å²) in [5, 5.41) is 37.6. The minimum Gasteiger partial charge on any atom is -0.481 e. The maximum absolute atomic E-state index is 11.8. The summed E-state index contributed by atoms with van der Waals surface area (Å²) in [6.07, 6.45) is -5.59. The van der Waals surface area contributed by atoms with Gasteiger partial charge in [-0.05, 0) is 12.8 Å². The molecule has 2 amide bonds. The molecular weight excluding hydrogens is 348 g/mol. The van der Waals surface area contributed by atoms with Crippen LogP contribution in [-0.2, 0) is 23.9 Å². The summed E-state index contributed by atoms with van der Waals surface area (Å²) < 4.78 is 4.33. The fourth-order valence-corrected chi connectivity index (χ4v) is 1.57. The largest absolute Gasteiger partial charge is 0.481 e. The van der Waals surface area contributed by atoms with Gasteiger partial charge in [-0.1, -0.05) is 0 Å². The Morgan fingerprint density at radius 1 is 0.680 bits per heavy atom. The fourth-order valence-electron chi connectivity index (χ4n) is 1.57. The molecule has 0 spiro atoms. The zero-order valence-electron chi connectivity index (χ0n) is 12.6. The SMILES string of the molecule is O=C(O)CC[C@H](NC(=O)O)C(=O)OC(=O)[C@H](CCC(=O)O)NC(=O)O. The second-order valence-corrected chi connectivity index (χ2v) is 4.61. The van der Waals surface area contributed by atoms with Gasteiger partial charge in [0, 0.05) is 12.8 Å². The zero-order chi connectivity index (χ0) is 19.6. The van der Waals surface area contributed by atoms with Crippen LogP contribution < -0.4 is 10.6 Å². The summed E-state index contributed by atoms with van der Waals surface area (Å²) in [5.74, 6) is -5.55. The van der Waals surface area contributed by atoms with Crippen LogP contribution in [0.1, 0.15) is 25.7 Å². The van der Waals surface area contributed by atoms with Crippen molar-refractivity contribution in [3.8, 4) is 0 Å². The van der Waals surface area contributed by atoms with Crippen molar-refractivity contribution in [1.82, 2.24) is 10.6 Å². The predicted molar refractivity (Wildman–Crippen MR) is 74.7 cm³/mol. The van der Waals surface area contributed by atoms with Gasteiger partial charge in [0.15, 0.2) is 0 Å². The highest BCUT2D eigenvalue weighted by atomic mass is 16.6. The predicted octanol–water partition coefficient (Wildman–Crippen LogP) is -0.942. The number of esters is 2. The van der Waals surface area contributed by atoms with Crippen molar-refractivity contribution >= 4 is 36.1 Å². The van der Waals surface area contributed by atoms with Crippen molar-refractivity contribution in [1.29, 1.82) is 0 Å². The lowest BCUT2D eigenvalue weighted by atomic mass is 10.1. The van der Waals surface area contributed by atoms with E-state index in [2.05, 4.69) is 4.74 Å². The van der Waals surface area contributed by atoms with Crippen molar-refractivity contribution in [3.05, 3.63) is 0 Å². The van der Waals surface area contributed by atoms with Crippen molar-refractivity contribution in [2.24, 2.45) is 0 Å². The van der Waals surface area contributed by atoms with Crippen LogP contribution in [0, 0.1) is 0 Å². The van der Waals surface area contributed by atoms with E-state index in [0.29, 0.717) is 0 Å². The van der Waals surface area contributed by atoms with Gasteiger partial charge in [0.2, 0.25) is 0 Å². The number of carboxylic acids is 2. The van der Waals surface area contributed by atoms with Crippen molar-refractivity contribution in [2.45, 2.75) is 37.8 Å². The number of amides is 2. The zero-order valence-corrected chi connectivity index (χ0v) is 12.6. The molecule has 0 aliphatic rings. The van der Waals surface area contributed by atoms with Crippen molar-refractivity contribution in [2.75, 3.05) is 0 Å². The molecule has 0 rings (SSSR count). The molecule has 0 aromatic rings. The van der Waals surface area contributed by atoms with E-state index in [1.165, 1.54) is 0 Å². The molecule has 13 nitrogen and oxygen atoms in total. The third-order valence-electron chi connectivity index (χ3n) is 2.66. The number of nitrogens with one attached hydrogen (secondary N) is 2. The van der Waals surface area contributed by atoms with Crippen LogP contribution in [0.15, 0.2) is 0 Å². The van der Waals surface area contributed by atoms with E-state index in [9.17, 15) is 28.8 Å². The Balaban J connectivity index is 4.96. The molecule has 13 heteroatoms. The lowest BCUT2D eigenvalue weighted by molar-refractivity contribution is -0.162. The number of hydrogen-bond donors (Lipinski definition) is 6. The molecule has 0 aliphatic heterocycles. The monoisotopic (exact) mass is 364 g/mol. The lowest BCUT2D eigenvalue weighted by Crippen LogP contribution is -2.46. The van der Waals surface area contributed by atoms with E-state index < -0.39 is 73.8 Å². The Morgan fingerprint density at radius 2 is 1.00 bits per heavy atom. The molecule has 0 fully saturated rings. The summed E-state index contributed by atoms with van der Waals surface area (Å²) in [6.45, 7) is 0. The first-order valence-corrected chi connectivity index (χ1v) is 6.71. The van der Waals surface area contributed by atoms with Crippen LogP contribution >= 0.6 is 0 Å². The minimum absolute atomic E-state index is 0.514. The van der Waals surface area contributed by atoms with Gasteiger partial charge in [-0.15, -0.1) is 0 Å². The van der Waals surface area contributed by atoms with E-state index in [1.807, 2.05) is 0 Å². The molecule has 2 atom stereocenters. The van der Waals surface area contributed by atoms with Gasteiger partial charge in [0.05, 0.1) is 0 Å². The minimum atomic E-state index is -1.68. The highest BCUT2D eigenvalue weighted by molar-refractivity contribution is 5.93. The van der Waals surface area contributed by atoms with Crippen LogP contribution in [0.2, 0.25) is 0 Å². The number of carbonyl (C=O) groups is 6. The van der Waals surface area contributed by atoms with Crippen LogP contribution in [0.5, 0.6) is 0 Å². The number of rotatable bonds is 10.